The molecule has 4 rings (SSSR count). The number of halogens is 1. The Balaban J connectivity index is 1.65. The second kappa shape index (κ2) is 7.13. The van der Waals surface area contributed by atoms with Crippen LogP contribution in [0, 0.1) is 0 Å². The first kappa shape index (κ1) is 17.1. The molecule has 0 radical (unpaired) electrons. The number of hydrogen-bond acceptors (Lipinski definition) is 5. The number of anilines is 2. The van der Waals surface area contributed by atoms with Crippen molar-refractivity contribution < 1.29 is 14.3 Å². The van der Waals surface area contributed by atoms with Crippen molar-refractivity contribution in [3.63, 3.8) is 0 Å². The zero-order valence-corrected chi connectivity index (χ0v) is 15.3. The number of benzene rings is 1. The van der Waals surface area contributed by atoms with Crippen molar-refractivity contribution in [3.05, 3.63) is 47.2 Å². The van der Waals surface area contributed by atoms with Gasteiger partial charge >= 0.3 is 0 Å². The van der Waals surface area contributed by atoms with Crippen LogP contribution in [0.25, 0.3) is 0 Å². The van der Waals surface area contributed by atoms with Gasteiger partial charge in [0.2, 0.25) is 0 Å². The van der Waals surface area contributed by atoms with Crippen LogP contribution in [0.1, 0.15) is 17.3 Å². The topological polar surface area (TPSA) is 54.9 Å². The zero-order valence-electron chi connectivity index (χ0n) is 14.5. The lowest BCUT2D eigenvalue weighted by atomic mass is 10.1. The van der Waals surface area contributed by atoms with Gasteiger partial charge in [-0.25, -0.2) is 0 Å². The summed E-state index contributed by atoms with van der Waals surface area (Å²) in [5, 5.41) is 0.569. The van der Waals surface area contributed by atoms with Crippen LogP contribution >= 0.6 is 11.6 Å². The normalized spacial score (nSPS) is 19.7. The summed E-state index contributed by atoms with van der Waals surface area (Å²) < 4.78 is 11.2. The van der Waals surface area contributed by atoms with Crippen molar-refractivity contribution in [2.75, 3.05) is 42.6 Å². The summed E-state index contributed by atoms with van der Waals surface area (Å²) in [5.74, 6) is 0.560. The minimum Gasteiger partial charge on any atom is -0.487 e. The Morgan fingerprint density at radius 2 is 2.04 bits per heavy atom. The summed E-state index contributed by atoms with van der Waals surface area (Å²) in [4.78, 5) is 21.4. The molecule has 0 spiro atoms. The maximum absolute atomic E-state index is 13.2. The highest BCUT2D eigenvalue weighted by Crippen LogP contribution is 2.36. The van der Waals surface area contributed by atoms with E-state index in [2.05, 4.69) is 9.88 Å². The minimum absolute atomic E-state index is 0.0944. The van der Waals surface area contributed by atoms with Crippen LogP contribution in [-0.2, 0) is 4.74 Å². The smallest absolute Gasteiger partial charge is 0.260 e. The Kier molecular flexibility index (Phi) is 4.70. The number of amides is 1. The lowest BCUT2D eigenvalue weighted by Gasteiger charge is -2.34. The van der Waals surface area contributed by atoms with Crippen LogP contribution < -0.4 is 14.5 Å². The Morgan fingerprint density at radius 3 is 2.85 bits per heavy atom. The average Bonchev–Trinajstić information content (AvgIpc) is 2.68. The molecule has 2 aliphatic rings. The molecule has 1 aromatic heterocycles. The van der Waals surface area contributed by atoms with Crippen LogP contribution in [-0.4, -0.2) is 49.8 Å². The van der Waals surface area contributed by atoms with Gasteiger partial charge in [0.1, 0.15) is 11.9 Å². The van der Waals surface area contributed by atoms with E-state index >= 15 is 0 Å². The number of rotatable bonds is 2. The molecule has 2 aromatic rings. The fourth-order valence-corrected chi connectivity index (χ4v) is 3.46. The third-order valence-electron chi connectivity index (χ3n) is 4.57. The molecule has 1 aromatic carbocycles. The number of hydrogen-bond donors (Lipinski definition) is 0. The van der Waals surface area contributed by atoms with Gasteiger partial charge in [0.15, 0.2) is 0 Å². The van der Waals surface area contributed by atoms with Gasteiger partial charge in [0.25, 0.3) is 5.91 Å². The SMILES string of the molecule is CC1CN(C(=O)c2cncc(N3CCOCC3)c2)c2cc(Cl)ccc2O1. The first-order chi connectivity index (χ1) is 12.6. The first-order valence-electron chi connectivity index (χ1n) is 8.67. The van der Waals surface area contributed by atoms with Crippen molar-refractivity contribution in [2.24, 2.45) is 0 Å². The second-order valence-electron chi connectivity index (χ2n) is 6.49. The summed E-state index contributed by atoms with van der Waals surface area (Å²) in [6.07, 6.45) is 3.30. The number of fused-ring (bicyclic) bond motifs is 1. The quantitative estimate of drug-likeness (QED) is 0.810. The summed E-state index contributed by atoms with van der Waals surface area (Å²) in [6.45, 7) is 5.38. The van der Waals surface area contributed by atoms with Gasteiger partial charge in [0, 0.05) is 24.3 Å². The van der Waals surface area contributed by atoms with Crippen molar-refractivity contribution >= 4 is 28.9 Å². The van der Waals surface area contributed by atoms with E-state index in [1.165, 1.54) is 0 Å². The fraction of sp³-hybridized carbons (Fsp3) is 0.368. The molecule has 2 aliphatic heterocycles. The molecule has 7 heteroatoms. The lowest BCUT2D eigenvalue weighted by Crippen LogP contribution is -2.42. The summed E-state index contributed by atoms with van der Waals surface area (Å²) in [6, 6.07) is 7.22. The van der Waals surface area contributed by atoms with E-state index in [4.69, 9.17) is 21.1 Å². The molecule has 0 saturated carbocycles. The number of pyridine rings is 1. The lowest BCUT2D eigenvalue weighted by molar-refractivity contribution is 0.0961. The average molecular weight is 374 g/mol. The van der Waals surface area contributed by atoms with Gasteiger partial charge in [0.05, 0.1) is 42.9 Å². The van der Waals surface area contributed by atoms with Gasteiger partial charge in [-0.3, -0.25) is 9.78 Å². The zero-order chi connectivity index (χ0) is 18.1. The predicted molar refractivity (Wildman–Crippen MR) is 100 cm³/mol. The molecule has 3 heterocycles. The molecule has 6 nitrogen and oxygen atoms in total. The van der Waals surface area contributed by atoms with E-state index in [0.717, 1.165) is 18.8 Å². The monoisotopic (exact) mass is 373 g/mol. The molecule has 1 fully saturated rings. The molecular formula is C19H20ClN3O3. The number of aromatic nitrogens is 1. The number of carbonyl (C=O) groups excluding carboxylic acids is 1. The fourth-order valence-electron chi connectivity index (χ4n) is 3.30. The molecular weight excluding hydrogens is 354 g/mol. The molecule has 0 aliphatic carbocycles. The van der Waals surface area contributed by atoms with Crippen LogP contribution in [0.4, 0.5) is 11.4 Å². The first-order valence-corrected chi connectivity index (χ1v) is 9.05. The number of ether oxygens (including phenoxy) is 2. The third kappa shape index (κ3) is 3.34. The van der Waals surface area contributed by atoms with Gasteiger partial charge in [-0.1, -0.05) is 11.6 Å². The standard InChI is InChI=1S/C19H20ClN3O3/c1-13-12-23(17-9-15(20)2-3-18(17)26-13)19(24)14-8-16(11-21-10-14)22-4-6-25-7-5-22/h2-3,8-11,13H,4-7,12H2,1H3. The van der Waals surface area contributed by atoms with E-state index in [1.54, 1.807) is 35.5 Å². The van der Waals surface area contributed by atoms with Gasteiger partial charge < -0.3 is 19.3 Å². The predicted octanol–water partition coefficient (Wildman–Crippen LogP) is 3.00. The van der Waals surface area contributed by atoms with Crippen LogP contribution in [0.3, 0.4) is 0 Å². The Bertz CT molecular complexity index is 823. The number of carbonyl (C=O) groups is 1. The van der Waals surface area contributed by atoms with Crippen LogP contribution in [0.5, 0.6) is 5.75 Å². The number of morpholine rings is 1. The van der Waals surface area contributed by atoms with Gasteiger partial charge in [-0.2, -0.15) is 0 Å². The van der Waals surface area contributed by atoms with Gasteiger partial charge in [-0.15, -0.1) is 0 Å². The molecule has 0 N–H and O–H groups in total. The molecule has 1 saturated heterocycles. The molecule has 0 bridgehead atoms. The van der Waals surface area contributed by atoms with E-state index in [0.29, 0.717) is 41.8 Å². The van der Waals surface area contributed by atoms with E-state index in [-0.39, 0.29) is 12.0 Å². The van der Waals surface area contributed by atoms with Crippen molar-refractivity contribution in [1.29, 1.82) is 0 Å². The Hall–Kier alpha value is -2.31. The third-order valence-corrected chi connectivity index (χ3v) is 4.81. The van der Waals surface area contributed by atoms with E-state index in [1.807, 2.05) is 13.0 Å². The summed E-state index contributed by atoms with van der Waals surface area (Å²) in [7, 11) is 0. The summed E-state index contributed by atoms with van der Waals surface area (Å²) in [5.41, 5.74) is 2.18. The van der Waals surface area contributed by atoms with Crippen LogP contribution in [0.15, 0.2) is 36.7 Å². The minimum atomic E-state index is -0.105. The molecule has 1 amide bonds. The number of nitrogens with zero attached hydrogens (tertiary/aromatic N) is 3. The van der Waals surface area contributed by atoms with Crippen molar-refractivity contribution in [2.45, 2.75) is 13.0 Å². The molecule has 1 unspecified atom stereocenters. The highest BCUT2D eigenvalue weighted by Gasteiger charge is 2.29. The second-order valence-corrected chi connectivity index (χ2v) is 6.92. The Labute approximate surface area is 157 Å². The maximum atomic E-state index is 13.2. The van der Waals surface area contributed by atoms with Crippen LogP contribution in [0.2, 0.25) is 5.02 Å². The highest BCUT2D eigenvalue weighted by atomic mass is 35.5. The van der Waals surface area contributed by atoms with Crippen molar-refractivity contribution in [3.8, 4) is 5.75 Å². The molecule has 136 valence electrons. The van der Waals surface area contributed by atoms with Gasteiger partial charge in [-0.05, 0) is 31.2 Å². The van der Waals surface area contributed by atoms with Crippen molar-refractivity contribution in [1.82, 2.24) is 4.98 Å². The van der Waals surface area contributed by atoms with E-state index < -0.39 is 0 Å². The molecule has 26 heavy (non-hydrogen) atoms. The summed E-state index contributed by atoms with van der Waals surface area (Å²) >= 11 is 6.13. The Morgan fingerprint density at radius 1 is 1.23 bits per heavy atom. The largest absolute Gasteiger partial charge is 0.487 e. The molecule has 1 atom stereocenters. The maximum Gasteiger partial charge on any atom is 0.260 e. The highest BCUT2D eigenvalue weighted by molar-refractivity contribution is 6.31. The van der Waals surface area contributed by atoms with E-state index in [9.17, 15) is 4.79 Å².